The third-order valence-electron chi connectivity index (χ3n) is 3.20. The highest BCUT2D eigenvalue weighted by molar-refractivity contribution is 7.85. The molecular formula is C15H22N4O3S. The molecule has 0 aromatic heterocycles. The molecule has 1 atom stereocenters. The number of carbonyl (C=O) groups excluding carboxylic acids is 1. The maximum atomic E-state index is 11.7. The molecule has 1 aliphatic rings. The summed E-state index contributed by atoms with van der Waals surface area (Å²) in [5.41, 5.74) is 6.54. The van der Waals surface area contributed by atoms with Crippen LogP contribution in [0.3, 0.4) is 0 Å². The lowest BCUT2D eigenvalue weighted by atomic mass is 10.1. The molecule has 23 heavy (non-hydrogen) atoms. The van der Waals surface area contributed by atoms with Crippen molar-refractivity contribution < 1.29 is 13.7 Å². The van der Waals surface area contributed by atoms with E-state index >= 15 is 0 Å². The van der Waals surface area contributed by atoms with E-state index in [4.69, 9.17) is 10.5 Å². The van der Waals surface area contributed by atoms with Crippen LogP contribution in [0.4, 0.5) is 5.69 Å². The fourth-order valence-corrected chi connectivity index (χ4v) is 2.89. The zero-order valence-electron chi connectivity index (χ0n) is 13.5. The molecule has 4 N–H and O–H groups in total. The Labute approximate surface area is 138 Å². The first kappa shape index (κ1) is 17.3. The standard InChI is InChI=1S/C15H22N4O3S/c1-4-6-12(20)17-15(2,3)9-22-11-8-5-7-10-13(11)14(16)19-23(21)18-10/h5,7-8,18H,4,6,9H2,1-3H3,(H2,16,19)(H,17,20). The van der Waals surface area contributed by atoms with Gasteiger partial charge in [-0.15, -0.1) is 0 Å². The molecule has 0 saturated carbocycles. The van der Waals surface area contributed by atoms with Gasteiger partial charge in [0.1, 0.15) is 18.2 Å². The van der Waals surface area contributed by atoms with Gasteiger partial charge in [-0.3, -0.25) is 9.52 Å². The Morgan fingerprint density at radius 3 is 2.91 bits per heavy atom. The molecule has 1 aromatic carbocycles. The van der Waals surface area contributed by atoms with Crippen molar-refractivity contribution in [3.63, 3.8) is 0 Å². The number of nitrogens with one attached hydrogen (secondary N) is 2. The number of hydrogen-bond donors (Lipinski definition) is 3. The summed E-state index contributed by atoms with van der Waals surface area (Å²) in [5, 5.41) is 2.94. The van der Waals surface area contributed by atoms with Crippen molar-refractivity contribution in [2.24, 2.45) is 10.1 Å². The van der Waals surface area contributed by atoms with Gasteiger partial charge in [0.25, 0.3) is 0 Å². The number of amides is 1. The van der Waals surface area contributed by atoms with Crippen LogP contribution in [0, 0.1) is 0 Å². The molecule has 126 valence electrons. The highest BCUT2D eigenvalue weighted by Gasteiger charge is 2.24. The molecular weight excluding hydrogens is 316 g/mol. The van der Waals surface area contributed by atoms with Crippen molar-refractivity contribution in [3.05, 3.63) is 23.8 Å². The van der Waals surface area contributed by atoms with Crippen LogP contribution in [0.25, 0.3) is 0 Å². The third kappa shape index (κ3) is 4.44. The van der Waals surface area contributed by atoms with Gasteiger partial charge in [-0.25, -0.2) is 4.21 Å². The number of nitrogens with zero attached hydrogens (tertiary/aromatic N) is 1. The van der Waals surface area contributed by atoms with Crippen molar-refractivity contribution in [1.29, 1.82) is 0 Å². The fourth-order valence-electron chi connectivity index (χ4n) is 2.21. The van der Waals surface area contributed by atoms with Crippen LogP contribution in [0.2, 0.25) is 0 Å². The lowest BCUT2D eigenvalue weighted by Crippen LogP contribution is -2.47. The Hall–Kier alpha value is -2.09. The summed E-state index contributed by atoms with van der Waals surface area (Å²) in [5.74, 6) is 0.695. The topological polar surface area (TPSA) is 106 Å². The lowest BCUT2D eigenvalue weighted by Gasteiger charge is -2.27. The summed E-state index contributed by atoms with van der Waals surface area (Å²) in [7, 11) is 0. The van der Waals surface area contributed by atoms with Gasteiger partial charge < -0.3 is 15.8 Å². The molecule has 7 nitrogen and oxygen atoms in total. The number of nitrogens with two attached hydrogens (primary N) is 1. The van der Waals surface area contributed by atoms with E-state index in [-0.39, 0.29) is 18.3 Å². The Morgan fingerprint density at radius 1 is 1.48 bits per heavy atom. The minimum Gasteiger partial charge on any atom is -0.490 e. The number of rotatable bonds is 6. The number of anilines is 1. The largest absolute Gasteiger partial charge is 0.490 e. The molecule has 0 aliphatic carbocycles. The highest BCUT2D eigenvalue weighted by atomic mass is 32.2. The van der Waals surface area contributed by atoms with Crippen molar-refractivity contribution in [1.82, 2.24) is 5.32 Å². The average molecular weight is 338 g/mol. The fraction of sp³-hybridized carbons (Fsp3) is 0.467. The molecule has 8 heteroatoms. The van der Waals surface area contributed by atoms with Gasteiger partial charge >= 0.3 is 0 Å². The molecule has 2 rings (SSSR count). The third-order valence-corrected chi connectivity index (χ3v) is 3.96. The second kappa shape index (κ2) is 6.99. The van der Waals surface area contributed by atoms with Gasteiger partial charge in [0.15, 0.2) is 0 Å². The first-order valence-corrected chi connectivity index (χ1v) is 8.53. The molecule has 1 aromatic rings. The van der Waals surface area contributed by atoms with Crippen molar-refractivity contribution in [2.75, 3.05) is 11.3 Å². The van der Waals surface area contributed by atoms with Crippen molar-refractivity contribution in [2.45, 2.75) is 39.2 Å². The number of carbonyl (C=O) groups is 1. The second-order valence-electron chi connectivity index (χ2n) is 5.98. The molecule has 1 aliphatic heterocycles. The van der Waals surface area contributed by atoms with Gasteiger partial charge in [0.05, 0.1) is 16.8 Å². The zero-order chi connectivity index (χ0) is 17.0. The Kier molecular flexibility index (Phi) is 5.25. The number of fused-ring (bicyclic) bond motifs is 1. The number of ether oxygens (including phenoxy) is 1. The highest BCUT2D eigenvalue weighted by Crippen LogP contribution is 2.30. The predicted molar refractivity (Wildman–Crippen MR) is 91.6 cm³/mol. The van der Waals surface area contributed by atoms with Crippen LogP contribution in [-0.4, -0.2) is 28.1 Å². The number of hydrogen-bond acceptors (Lipinski definition) is 4. The van der Waals surface area contributed by atoms with E-state index in [0.29, 0.717) is 23.4 Å². The van der Waals surface area contributed by atoms with Crippen molar-refractivity contribution in [3.8, 4) is 5.75 Å². The van der Waals surface area contributed by atoms with Gasteiger partial charge in [0.2, 0.25) is 17.1 Å². The normalized spacial score (nSPS) is 16.8. The summed E-state index contributed by atoms with van der Waals surface area (Å²) in [6.45, 7) is 6.01. The molecule has 0 saturated heterocycles. The summed E-state index contributed by atoms with van der Waals surface area (Å²) in [4.78, 5) is 11.7. The molecule has 0 fully saturated rings. The van der Waals surface area contributed by atoms with E-state index in [1.807, 2.05) is 20.8 Å². The van der Waals surface area contributed by atoms with Gasteiger partial charge in [-0.05, 0) is 32.4 Å². The van der Waals surface area contributed by atoms with E-state index < -0.39 is 16.7 Å². The Morgan fingerprint density at radius 2 is 2.22 bits per heavy atom. The Balaban J connectivity index is 2.11. The number of amidine groups is 1. The zero-order valence-corrected chi connectivity index (χ0v) is 14.3. The minimum absolute atomic E-state index is 0.00525. The van der Waals surface area contributed by atoms with Crippen LogP contribution in [-0.2, 0) is 16.0 Å². The molecule has 1 heterocycles. The Bertz CT molecular complexity index is 658. The van der Waals surface area contributed by atoms with E-state index in [1.54, 1.807) is 18.2 Å². The molecule has 0 bridgehead atoms. The van der Waals surface area contributed by atoms with Gasteiger partial charge in [-0.2, -0.15) is 4.40 Å². The smallest absolute Gasteiger partial charge is 0.245 e. The quantitative estimate of drug-likeness (QED) is 0.730. The van der Waals surface area contributed by atoms with E-state index in [2.05, 4.69) is 14.4 Å². The summed E-state index contributed by atoms with van der Waals surface area (Å²) in [6, 6.07) is 5.30. The van der Waals surface area contributed by atoms with E-state index in [0.717, 1.165) is 6.42 Å². The van der Waals surface area contributed by atoms with Crippen LogP contribution in [0.5, 0.6) is 5.75 Å². The van der Waals surface area contributed by atoms with Gasteiger partial charge in [0, 0.05) is 6.42 Å². The summed E-state index contributed by atoms with van der Waals surface area (Å²) < 4.78 is 23.9. The van der Waals surface area contributed by atoms with E-state index in [1.165, 1.54) is 0 Å². The van der Waals surface area contributed by atoms with E-state index in [9.17, 15) is 9.00 Å². The lowest BCUT2D eigenvalue weighted by molar-refractivity contribution is -0.123. The molecule has 0 spiro atoms. The SMILES string of the molecule is CCCC(=O)NC(C)(C)COc1cccc2c1C(N)=NS(=O)N2. The van der Waals surface area contributed by atoms with Crippen molar-refractivity contribution >= 4 is 28.6 Å². The minimum atomic E-state index is -1.57. The van der Waals surface area contributed by atoms with Crippen LogP contribution in [0.1, 0.15) is 39.2 Å². The van der Waals surface area contributed by atoms with Crippen LogP contribution < -0.4 is 20.5 Å². The first-order chi connectivity index (χ1) is 10.8. The average Bonchev–Trinajstić information content (AvgIpc) is 2.44. The maximum Gasteiger partial charge on any atom is 0.245 e. The molecule has 0 radical (unpaired) electrons. The number of benzene rings is 1. The monoisotopic (exact) mass is 338 g/mol. The summed E-state index contributed by atoms with van der Waals surface area (Å²) >= 11 is -1.57. The predicted octanol–water partition coefficient (Wildman–Crippen LogP) is 1.47. The maximum absolute atomic E-state index is 11.7. The summed E-state index contributed by atoms with van der Waals surface area (Å²) in [6.07, 6.45) is 1.28. The second-order valence-corrected chi connectivity index (χ2v) is 6.86. The first-order valence-electron chi connectivity index (χ1n) is 7.42. The van der Waals surface area contributed by atoms with Crippen LogP contribution in [0.15, 0.2) is 22.6 Å². The molecule has 1 amide bonds. The molecule has 1 unspecified atom stereocenters. The van der Waals surface area contributed by atoms with Gasteiger partial charge in [-0.1, -0.05) is 13.0 Å². The van der Waals surface area contributed by atoms with Crippen LogP contribution >= 0.6 is 0 Å².